The highest BCUT2D eigenvalue weighted by Gasteiger charge is 2.62. The highest BCUT2D eigenvalue weighted by Crippen LogP contribution is 2.39. The van der Waals surface area contributed by atoms with Crippen LogP contribution in [0.2, 0.25) is 0 Å². The normalized spacial score (nSPS) is 26.6. The summed E-state index contributed by atoms with van der Waals surface area (Å²) in [7, 11) is 0. The van der Waals surface area contributed by atoms with E-state index in [1.54, 1.807) is 47.6 Å². The van der Waals surface area contributed by atoms with E-state index in [1.807, 2.05) is 36.4 Å². The Labute approximate surface area is 263 Å². The lowest BCUT2D eigenvalue weighted by Gasteiger charge is -2.33. The predicted octanol–water partition coefficient (Wildman–Crippen LogP) is 1.65. The Morgan fingerprint density at radius 1 is 1.29 bits per heavy atom. The SMILES string of the molecule is CC(C)(C)OC(=O)N[C@H](C(=O)O[C@H]1[C@@H](O)[C@](C#N)(C2CC=C(/C(N)=N\C=N)N2)O[C@@H]1COC(O)Cc1ccccc1)C(C)(C)C. The average molecular weight is 629 g/mol. The number of nitrogens with zero attached hydrogens (tertiary/aromatic N) is 2. The highest BCUT2D eigenvalue weighted by molar-refractivity contribution is 6.00. The summed E-state index contributed by atoms with van der Waals surface area (Å²) >= 11 is 0. The van der Waals surface area contributed by atoms with Gasteiger partial charge in [0.1, 0.15) is 42.1 Å². The first-order valence-corrected chi connectivity index (χ1v) is 14.6. The Hall–Kier alpha value is -4.03. The Morgan fingerprint density at radius 2 is 1.96 bits per heavy atom. The number of hydrogen-bond acceptors (Lipinski definition) is 11. The van der Waals surface area contributed by atoms with Crippen LogP contribution in [0.3, 0.4) is 0 Å². The number of nitrogens with two attached hydrogens (primary N) is 1. The lowest BCUT2D eigenvalue weighted by atomic mass is 9.86. The van der Waals surface area contributed by atoms with Crippen molar-refractivity contribution in [1.82, 2.24) is 10.6 Å². The van der Waals surface area contributed by atoms with E-state index in [0.29, 0.717) is 5.70 Å². The molecule has 14 nitrogen and oxygen atoms in total. The van der Waals surface area contributed by atoms with Gasteiger partial charge in [-0.05, 0) is 38.2 Å². The first-order valence-electron chi connectivity index (χ1n) is 14.6. The summed E-state index contributed by atoms with van der Waals surface area (Å²) in [5, 5.41) is 45.3. The van der Waals surface area contributed by atoms with E-state index >= 15 is 0 Å². The van der Waals surface area contributed by atoms with Gasteiger partial charge in [0.15, 0.2) is 12.4 Å². The van der Waals surface area contributed by atoms with Crippen LogP contribution in [-0.4, -0.2) is 88.9 Å². The van der Waals surface area contributed by atoms with E-state index in [-0.39, 0.29) is 25.3 Å². The van der Waals surface area contributed by atoms with Gasteiger partial charge in [-0.3, -0.25) is 5.41 Å². The molecule has 1 aromatic carbocycles. The summed E-state index contributed by atoms with van der Waals surface area (Å²) in [5.41, 5.74) is 3.43. The van der Waals surface area contributed by atoms with Gasteiger partial charge in [0.25, 0.3) is 0 Å². The number of aliphatic hydroxyl groups excluding tert-OH is 2. The Kier molecular flexibility index (Phi) is 11.3. The van der Waals surface area contributed by atoms with Crippen molar-refractivity contribution < 1.29 is 38.7 Å². The van der Waals surface area contributed by atoms with Crippen LogP contribution in [0.15, 0.2) is 47.1 Å². The molecule has 3 rings (SSSR count). The number of ether oxygens (including phenoxy) is 4. The van der Waals surface area contributed by atoms with Crippen molar-refractivity contribution in [3.8, 4) is 6.07 Å². The molecular weight excluding hydrogens is 584 g/mol. The quantitative estimate of drug-likeness (QED) is 0.0895. The molecule has 1 fully saturated rings. The van der Waals surface area contributed by atoms with Gasteiger partial charge in [-0.25, -0.2) is 14.6 Å². The van der Waals surface area contributed by atoms with Gasteiger partial charge < -0.3 is 45.5 Å². The van der Waals surface area contributed by atoms with Gasteiger partial charge in [0, 0.05) is 6.42 Å². The molecule has 14 heteroatoms. The number of aliphatic hydroxyl groups is 2. The van der Waals surface area contributed by atoms with Crippen molar-refractivity contribution in [2.24, 2.45) is 16.1 Å². The molecule has 7 atom stereocenters. The first kappa shape index (κ1) is 35.4. The topological polar surface area (TPSA) is 222 Å². The van der Waals surface area contributed by atoms with Crippen molar-refractivity contribution in [3.05, 3.63) is 47.7 Å². The number of amides is 1. The standard InChI is InChI=1S/C31H44N6O8/c1-29(2,3)24(37-28(41)45-30(4,5)6)27(40)43-23-20(15-42-22(38)14-18-10-8-7-9-11-18)44-31(16-32,25(23)39)21-13-12-19(36-21)26(34)35-17-33/h7-12,17,20-25,36,38-39H,13-15H2,1-6H3,(H,37,41)(H3,33,34,35)/t20-,21?,22?,23-,24-,25-,31+/m1/s1. The minimum Gasteiger partial charge on any atom is -0.455 e. The number of amidine groups is 1. The van der Waals surface area contributed by atoms with E-state index in [0.717, 1.165) is 11.9 Å². The third-order valence-electron chi connectivity index (χ3n) is 7.24. The molecule has 1 aromatic rings. The first-order chi connectivity index (χ1) is 21.0. The largest absolute Gasteiger partial charge is 0.455 e. The molecular formula is C31H44N6O8. The van der Waals surface area contributed by atoms with Gasteiger partial charge >= 0.3 is 12.1 Å². The number of benzene rings is 1. The van der Waals surface area contributed by atoms with Crippen LogP contribution in [0.4, 0.5) is 4.79 Å². The zero-order valence-corrected chi connectivity index (χ0v) is 26.4. The fraction of sp³-hybridized carbons (Fsp3) is 0.581. The molecule has 7 N–H and O–H groups in total. The number of aliphatic imine (C=N–C) groups is 1. The number of rotatable bonds is 11. The van der Waals surface area contributed by atoms with Crippen LogP contribution in [-0.2, 0) is 30.2 Å². The molecule has 2 aliphatic rings. The number of hydrogen-bond donors (Lipinski definition) is 6. The number of nitriles is 1. The molecule has 2 heterocycles. The summed E-state index contributed by atoms with van der Waals surface area (Å²) in [5.74, 6) is -0.897. The molecule has 1 saturated heterocycles. The molecule has 0 spiro atoms. The molecule has 246 valence electrons. The Morgan fingerprint density at radius 3 is 2.53 bits per heavy atom. The Bertz CT molecular complexity index is 1320. The number of carbonyl (C=O) groups excluding carboxylic acids is 2. The number of carbonyl (C=O) groups is 2. The van der Waals surface area contributed by atoms with Gasteiger partial charge in [0.05, 0.1) is 18.3 Å². The Balaban J connectivity index is 1.87. The minimum absolute atomic E-state index is 0.00112. The predicted molar refractivity (Wildman–Crippen MR) is 164 cm³/mol. The molecule has 0 radical (unpaired) electrons. The zero-order chi connectivity index (χ0) is 33.6. The summed E-state index contributed by atoms with van der Waals surface area (Å²) in [4.78, 5) is 30.0. The fourth-order valence-corrected chi connectivity index (χ4v) is 5.04. The maximum absolute atomic E-state index is 13.6. The number of esters is 1. The van der Waals surface area contributed by atoms with E-state index in [1.165, 1.54) is 0 Å². The summed E-state index contributed by atoms with van der Waals surface area (Å²) in [6.45, 7) is 9.85. The van der Waals surface area contributed by atoms with Crippen LogP contribution >= 0.6 is 0 Å². The van der Waals surface area contributed by atoms with Gasteiger partial charge in [-0.1, -0.05) is 57.2 Å². The third-order valence-corrected chi connectivity index (χ3v) is 7.24. The van der Waals surface area contributed by atoms with Crippen LogP contribution < -0.4 is 16.4 Å². The van der Waals surface area contributed by atoms with Crippen molar-refractivity contribution >= 4 is 24.2 Å². The monoisotopic (exact) mass is 628 g/mol. The van der Waals surface area contributed by atoms with Crippen molar-refractivity contribution in [2.75, 3.05) is 6.61 Å². The van der Waals surface area contributed by atoms with Gasteiger partial charge in [0.2, 0.25) is 5.60 Å². The minimum atomic E-state index is -1.96. The van der Waals surface area contributed by atoms with Gasteiger partial charge in [-0.2, -0.15) is 5.26 Å². The maximum Gasteiger partial charge on any atom is 0.408 e. The van der Waals surface area contributed by atoms with E-state index in [9.17, 15) is 25.1 Å². The van der Waals surface area contributed by atoms with E-state index < -0.39 is 65.4 Å². The molecule has 2 unspecified atom stereocenters. The second-order valence-electron chi connectivity index (χ2n) is 13.0. The highest BCUT2D eigenvalue weighted by atomic mass is 16.6. The zero-order valence-electron chi connectivity index (χ0n) is 26.4. The van der Waals surface area contributed by atoms with E-state index in [2.05, 4.69) is 15.6 Å². The lowest BCUT2D eigenvalue weighted by molar-refractivity contribution is -0.169. The smallest absolute Gasteiger partial charge is 0.408 e. The molecule has 0 aromatic heterocycles. The van der Waals surface area contributed by atoms with Crippen LogP contribution in [0, 0.1) is 22.2 Å². The van der Waals surface area contributed by atoms with Crippen molar-refractivity contribution in [2.45, 2.75) is 102 Å². The second-order valence-corrected chi connectivity index (χ2v) is 13.0. The van der Waals surface area contributed by atoms with Crippen LogP contribution in [0.25, 0.3) is 0 Å². The van der Waals surface area contributed by atoms with Crippen molar-refractivity contribution in [3.63, 3.8) is 0 Å². The number of nitrogens with one attached hydrogen (secondary N) is 3. The molecule has 1 amide bonds. The molecule has 0 aliphatic carbocycles. The van der Waals surface area contributed by atoms with Crippen molar-refractivity contribution in [1.29, 1.82) is 10.7 Å². The molecule has 2 aliphatic heterocycles. The third kappa shape index (κ3) is 9.01. The summed E-state index contributed by atoms with van der Waals surface area (Å²) < 4.78 is 23.0. The van der Waals surface area contributed by atoms with Crippen LogP contribution in [0.5, 0.6) is 0 Å². The average Bonchev–Trinajstić information content (AvgIpc) is 3.54. The van der Waals surface area contributed by atoms with Crippen LogP contribution in [0.1, 0.15) is 53.5 Å². The summed E-state index contributed by atoms with van der Waals surface area (Å²) in [6.07, 6.45) is -3.69. The number of alkyl carbamates (subject to hydrolysis) is 1. The lowest BCUT2D eigenvalue weighted by Crippen LogP contribution is -2.57. The molecule has 0 saturated carbocycles. The fourth-order valence-electron chi connectivity index (χ4n) is 5.04. The maximum atomic E-state index is 13.6. The summed E-state index contributed by atoms with van der Waals surface area (Å²) in [6, 6.07) is 9.11. The second kappa shape index (κ2) is 14.4. The van der Waals surface area contributed by atoms with Gasteiger partial charge in [-0.15, -0.1) is 0 Å². The molecule has 0 bridgehead atoms. The van der Waals surface area contributed by atoms with E-state index in [4.69, 9.17) is 30.1 Å². The molecule has 45 heavy (non-hydrogen) atoms.